The minimum absolute atomic E-state index is 0.0368. The highest BCUT2D eigenvalue weighted by Crippen LogP contribution is 2.36. The first kappa shape index (κ1) is 27.7. The number of halogens is 3. The zero-order chi connectivity index (χ0) is 27.4. The maximum atomic E-state index is 13.5. The van der Waals surface area contributed by atoms with Crippen LogP contribution in [0.4, 0.5) is 9.18 Å². The van der Waals surface area contributed by atoms with Crippen LogP contribution in [0.25, 0.3) is 0 Å². The third-order valence-electron chi connectivity index (χ3n) is 7.20. The third kappa shape index (κ3) is 6.20. The molecule has 2 aromatic rings. The number of piperidine rings is 1. The van der Waals surface area contributed by atoms with Crippen LogP contribution in [0.2, 0.25) is 10.0 Å². The number of carbonyl (C=O) groups excluding carboxylic acids is 3. The standard InChI is InChI=1S/C27H27Cl2FN4O4/c1-32(27(37)38-20-5-3-19(30)4-6-20)24-16-34(15-21(24)18-2-7-22(28)23(29)14-18)26(36)17-9-12-33(13-10-17)25(35)8-11-31/h2-7,14,17,21,24H,8-10,12-13,15-16H2,1H3/t21-,24+/m0/s1. The molecule has 11 heteroatoms. The maximum absolute atomic E-state index is 13.5. The van der Waals surface area contributed by atoms with E-state index in [0.717, 1.165) is 5.56 Å². The van der Waals surface area contributed by atoms with E-state index in [0.29, 0.717) is 42.5 Å². The monoisotopic (exact) mass is 560 g/mol. The van der Waals surface area contributed by atoms with Crippen LogP contribution in [-0.4, -0.2) is 71.9 Å². The number of nitriles is 1. The molecule has 200 valence electrons. The lowest BCUT2D eigenvalue weighted by Gasteiger charge is -2.33. The predicted octanol–water partition coefficient (Wildman–Crippen LogP) is 4.71. The van der Waals surface area contributed by atoms with Crippen LogP contribution in [0.15, 0.2) is 42.5 Å². The number of benzene rings is 2. The van der Waals surface area contributed by atoms with Gasteiger partial charge in [0.15, 0.2) is 0 Å². The Labute approximate surface area is 230 Å². The number of nitrogens with zero attached hydrogens (tertiary/aromatic N) is 4. The summed E-state index contributed by atoms with van der Waals surface area (Å²) in [4.78, 5) is 43.4. The molecule has 4 rings (SSSR count). The first-order valence-electron chi connectivity index (χ1n) is 12.3. The SMILES string of the molecule is CN(C(=O)Oc1ccc(F)cc1)[C@@H]1CN(C(=O)C2CCN(C(=O)CC#N)CC2)C[C@H]1c1ccc(Cl)c(Cl)c1. The van der Waals surface area contributed by atoms with Crippen molar-refractivity contribution in [2.45, 2.75) is 31.2 Å². The summed E-state index contributed by atoms with van der Waals surface area (Å²) < 4.78 is 18.7. The maximum Gasteiger partial charge on any atom is 0.415 e. The molecule has 2 saturated heterocycles. The second kappa shape index (κ2) is 12.0. The van der Waals surface area contributed by atoms with Crippen LogP contribution < -0.4 is 4.74 Å². The van der Waals surface area contributed by atoms with Gasteiger partial charge in [0.05, 0.1) is 22.2 Å². The molecule has 2 aliphatic rings. The van der Waals surface area contributed by atoms with Gasteiger partial charge in [-0.05, 0) is 54.8 Å². The van der Waals surface area contributed by atoms with E-state index in [-0.39, 0.29) is 42.4 Å². The van der Waals surface area contributed by atoms with Crippen LogP contribution in [0.5, 0.6) is 5.75 Å². The van der Waals surface area contributed by atoms with Crippen molar-refractivity contribution in [3.63, 3.8) is 0 Å². The Hall–Kier alpha value is -3.35. The molecule has 0 spiro atoms. The molecule has 0 radical (unpaired) electrons. The molecular formula is C27H27Cl2FN4O4. The van der Waals surface area contributed by atoms with E-state index >= 15 is 0 Å². The molecular weight excluding hydrogens is 534 g/mol. The lowest BCUT2D eigenvalue weighted by atomic mass is 9.93. The molecule has 0 unspecified atom stereocenters. The number of likely N-dealkylation sites (N-methyl/N-ethyl adjacent to an activating group) is 1. The van der Waals surface area contributed by atoms with E-state index in [1.165, 1.54) is 29.2 Å². The Balaban J connectivity index is 1.50. The number of hydrogen-bond donors (Lipinski definition) is 0. The molecule has 0 aromatic heterocycles. The largest absolute Gasteiger partial charge is 0.415 e. The molecule has 2 heterocycles. The second-order valence-electron chi connectivity index (χ2n) is 9.51. The average Bonchev–Trinajstić information content (AvgIpc) is 3.36. The van der Waals surface area contributed by atoms with Gasteiger partial charge < -0.3 is 19.4 Å². The van der Waals surface area contributed by atoms with Gasteiger partial charge in [0.2, 0.25) is 11.8 Å². The van der Waals surface area contributed by atoms with Crippen molar-refractivity contribution in [3.05, 3.63) is 63.9 Å². The van der Waals surface area contributed by atoms with Gasteiger partial charge in [-0.1, -0.05) is 29.3 Å². The van der Waals surface area contributed by atoms with E-state index < -0.39 is 18.0 Å². The van der Waals surface area contributed by atoms with Gasteiger partial charge in [0.1, 0.15) is 18.0 Å². The summed E-state index contributed by atoms with van der Waals surface area (Å²) in [6.07, 6.45) is 0.219. The second-order valence-corrected chi connectivity index (χ2v) is 10.3. The molecule has 0 aliphatic carbocycles. The zero-order valence-electron chi connectivity index (χ0n) is 20.8. The van der Waals surface area contributed by atoms with Gasteiger partial charge in [-0.25, -0.2) is 9.18 Å². The topological polar surface area (TPSA) is 93.9 Å². The van der Waals surface area contributed by atoms with Gasteiger partial charge >= 0.3 is 6.09 Å². The summed E-state index contributed by atoms with van der Waals surface area (Å²) in [5, 5.41) is 9.55. The van der Waals surface area contributed by atoms with E-state index in [2.05, 4.69) is 0 Å². The van der Waals surface area contributed by atoms with Gasteiger partial charge in [0, 0.05) is 45.1 Å². The number of hydrogen-bond acceptors (Lipinski definition) is 5. The minimum Gasteiger partial charge on any atom is -0.410 e. The highest BCUT2D eigenvalue weighted by Gasteiger charge is 2.42. The molecule has 38 heavy (non-hydrogen) atoms. The predicted molar refractivity (Wildman–Crippen MR) is 139 cm³/mol. The van der Waals surface area contributed by atoms with Crippen LogP contribution in [0.3, 0.4) is 0 Å². The quantitative estimate of drug-likeness (QED) is 0.527. The van der Waals surface area contributed by atoms with E-state index in [9.17, 15) is 18.8 Å². The average molecular weight is 561 g/mol. The van der Waals surface area contributed by atoms with Crippen molar-refractivity contribution in [1.82, 2.24) is 14.7 Å². The number of amides is 3. The number of likely N-dealkylation sites (tertiary alicyclic amines) is 2. The first-order chi connectivity index (χ1) is 18.2. The van der Waals surface area contributed by atoms with Crippen LogP contribution >= 0.6 is 23.2 Å². The van der Waals surface area contributed by atoms with Crippen molar-refractivity contribution in [2.24, 2.45) is 5.92 Å². The highest BCUT2D eigenvalue weighted by molar-refractivity contribution is 6.42. The van der Waals surface area contributed by atoms with Crippen molar-refractivity contribution in [2.75, 3.05) is 33.2 Å². The summed E-state index contributed by atoms with van der Waals surface area (Å²) >= 11 is 12.4. The molecule has 0 bridgehead atoms. The summed E-state index contributed by atoms with van der Waals surface area (Å²) in [6, 6.07) is 11.9. The Morgan fingerprint density at radius 2 is 1.74 bits per heavy atom. The minimum atomic E-state index is -0.634. The third-order valence-corrected chi connectivity index (χ3v) is 7.94. The molecule has 0 N–H and O–H groups in total. The van der Waals surface area contributed by atoms with Crippen molar-refractivity contribution in [1.29, 1.82) is 5.26 Å². The molecule has 8 nitrogen and oxygen atoms in total. The number of carbonyl (C=O) groups is 3. The van der Waals surface area contributed by atoms with E-state index in [1.807, 2.05) is 12.1 Å². The first-order valence-corrected chi connectivity index (χ1v) is 13.0. The van der Waals surface area contributed by atoms with E-state index in [4.69, 9.17) is 33.2 Å². The fourth-order valence-electron chi connectivity index (χ4n) is 5.05. The van der Waals surface area contributed by atoms with Crippen molar-refractivity contribution in [3.8, 4) is 11.8 Å². The van der Waals surface area contributed by atoms with E-state index in [1.54, 1.807) is 29.0 Å². The Bertz CT molecular complexity index is 1240. The van der Waals surface area contributed by atoms with Crippen molar-refractivity contribution < 1.29 is 23.5 Å². The Morgan fingerprint density at radius 3 is 2.37 bits per heavy atom. The fourth-order valence-corrected chi connectivity index (χ4v) is 5.36. The molecule has 2 aliphatic heterocycles. The Morgan fingerprint density at radius 1 is 1.05 bits per heavy atom. The molecule has 3 amide bonds. The van der Waals surface area contributed by atoms with Crippen LogP contribution in [-0.2, 0) is 9.59 Å². The van der Waals surface area contributed by atoms with Gasteiger partial charge in [-0.2, -0.15) is 5.26 Å². The molecule has 2 atom stereocenters. The molecule has 2 fully saturated rings. The summed E-state index contributed by atoms with van der Waals surface area (Å²) in [7, 11) is 1.61. The number of rotatable bonds is 5. The highest BCUT2D eigenvalue weighted by atomic mass is 35.5. The smallest absolute Gasteiger partial charge is 0.410 e. The normalized spacial score (nSPS) is 19.7. The van der Waals surface area contributed by atoms with Crippen molar-refractivity contribution >= 4 is 41.1 Å². The summed E-state index contributed by atoms with van der Waals surface area (Å²) in [5.74, 6) is -1.01. The fraction of sp³-hybridized carbons (Fsp3) is 0.407. The van der Waals surface area contributed by atoms with Crippen LogP contribution in [0, 0.1) is 23.1 Å². The zero-order valence-corrected chi connectivity index (χ0v) is 22.3. The van der Waals surface area contributed by atoms with Crippen LogP contribution in [0.1, 0.15) is 30.7 Å². The summed E-state index contributed by atoms with van der Waals surface area (Å²) in [6.45, 7) is 1.50. The lowest BCUT2D eigenvalue weighted by molar-refractivity contribution is -0.139. The molecule has 2 aromatic carbocycles. The molecule has 0 saturated carbocycles. The van der Waals surface area contributed by atoms with Gasteiger partial charge in [0.25, 0.3) is 0 Å². The van der Waals surface area contributed by atoms with Gasteiger partial charge in [-0.3, -0.25) is 9.59 Å². The lowest BCUT2D eigenvalue weighted by Crippen LogP contribution is -2.45. The number of ether oxygens (including phenoxy) is 1. The van der Waals surface area contributed by atoms with Gasteiger partial charge in [-0.15, -0.1) is 0 Å². The summed E-state index contributed by atoms with van der Waals surface area (Å²) in [5.41, 5.74) is 0.832. The Kier molecular flexibility index (Phi) is 8.75.